The van der Waals surface area contributed by atoms with Gasteiger partial charge in [-0.2, -0.15) is 0 Å². The van der Waals surface area contributed by atoms with Crippen molar-refractivity contribution in [1.29, 1.82) is 0 Å². The molecule has 0 bridgehead atoms. The first kappa shape index (κ1) is 19.9. The van der Waals surface area contributed by atoms with Crippen LogP contribution in [0.2, 0.25) is 5.02 Å². The van der Waals surface area contributed by atoms with Crippen molar-refractivity contribution >= 4 is 28.8 Å². The molecule has 2 aromatic rings. The van der Waals surface area contributed by atoms with Gasteiger partial charge in [0.15, 0.2) is 11.5 Å². The van der Waals surface area contributed by atoms with Crippen molar-refractivity contribution in [2.75, 3.05) is 47.1 Å². The number of ether oxygens (including phenoxy) is 3. The number of nitrogens with zero attached hydrogens (tertiary/aromatic N) is 1. The predicted molar refractivity (Wildman–Crippen MR) is 106 cm³/mol. The summed E-state index contributed by atoms with van der Waals surface area (Å²) < 4.78 is 16.0. The fraction of sp³-hybridized carbons (Fsp3) is 0.421. The van der Waals surface area contributed by atoms with E-state index in [1.807, 2.05) is 6.07 Å². The molecule has 146 valence electrons. The van der Waals surface area contributed by atoms with Crippen molar-refractivity contribution in [3.63, 3.8) is 0 Å². The molecular weight excluding hydrogens is 388 g/mol. The third-order valence-corrected chi connectivity index (χ3v) is 5.76. The van der Waals surface area contributed by atoms with E-state index in [1.54, 1.807) is 23.5 Å². The molecule has 1 amide bonds. The molecule has 1 fully saturated rings. The lowest BCUT2D eigenvalue weighted by atomic mass is 10.1. The van der Waals surface area contributed by atoms with Crippen LogP contribution in [0.5, 0.6) is 11.5 Å². The quantitative estimate of drug-likeness (QED) is 0.759. The molecule has 0 spiro atoms. The number of nitrogens with one attached hydrogen (secondary N) is 1. The maximum absolute atomic E-state index is 12.7. The number of thiophene rings is 1. The SMILES string of the molecule is COc1cc(C(=O)NC[C@@H](c2cccs2)N2CCOCC2)cc(Cl)c1OC. The smallest absolute Gasteiger partial charge is 0.251 e. The Morgan fingerprint density at radius 1 is 1.33 bits per heavy atom. The van der Waals surface area contributed by atoms with E-state index < -0.39 is 0 Å². The fourth-order valence-corrected chi connectivity index (χ4v) is 4.27. The number of halogens is 1. The number of carbonyl (C=O) groups is 1. The summed E-state index contributed by atoms with van der Waals surface area (Å²) in [6.45, 7) is 3.62. The Hall–Kier alpha value is -1.80. The van der Waals surface area contributed by atoms with Crippen LogP contribution in [0.3, 0.4) is 0 Å². The van der Waals surface area contributed by atoms with E-state index in [2.05, 4.69) is 21.7 Å². The lowest BCUT2D eigenvalue weighted by molar-refractivity contribution is 0.0169. The molecule has 0 aliphatic carbocycles. The lowest BCUT2D eigenvalue weighted by Gasteiger charge is -2.34. The summed E-state index contributed by atoms with van der Waals surface area (Å²) in [4.78, 5) is 16.3. The first-order chi connectivity index (χ1) is 13.1. The van der Waals surface area contributed by atoms with Gasteiger partial charge in [-0.1, -0.05) is 17.7 Å². The Morgan fingerprint density at radius 2 is 2.11 bits per heavy atom. The number of morpholine rings is 1. The minimum absolute atomic E-state index is 0.119. The molecule has 1 aromatic heterocycles. The van der Waals surface area contributed by atoms with Crippen LogP contribution in [0.1, 0.15) is 21.3 Å². The lowest BCUT2D eigenvalue weighted by Crippen LogP contribution is -2.43. The largest absolute Gasteiger partial charge is 0.493 e. The summed E-state index contributed by atoms with van der Waals surface area (Å²) in [5.41, 5.74) is 0.435. The normalized spacial score (nSPS) is 16.0. The highest BCUT2D eigenvalue weighted by molar-refractivity contribution is 7.10. The average molecular weight is 411 g/mol. The van der Waals surface area contributed by atoms with E-state index in [-0.39, 0.29) is 11.9 Å². The molecule has 3 rings (SSSR count). The van der Waals surface area contributed by atoms with Crippen molar-refractivity contribution in [2.45, 2.75) is 6.04 Å². The monoisotopic (exact) mass is 410 g/mol. The fourth-order valence-electron chi connectivity index (χ4n) is 3.12. The molecule has 1 N–H and O–H groups in total. The van der Waals surface area contributed by atoms with Gasteiger partial charge in [0.25, 0.3) is 5.91 Å². The predicted octanol–water partition coefficient (Wildman–Crippen LogP) is 3.22. The van der Waals surface area contributed by atoms with Crippen LogP contribution in [0.25, 0.3) is 0 Å². The second-order valence-electron chi connectivity index (χ2n) is 6.08. The number of amides is 1. The average Bonchev–Trinajstić information content (AvgIpc) is 3.22. The molecule has 1 aromatic carbocycles. The zero-order valence-corrected chi connectivity index (χ0v) is 16.9. The second-order valence-corrected chi connectivity index (χ2v) is 7.47. The Balaban J connectivity index is 1.73. The van der Waals surface area contributed by atoms with E-state index in [4.69, 9.17) is 25.8 Å². The number of rotatable bonds is 7. The van der Waals surface area contributed by atoms with Crippen LogP contribution in [-0.4, -0.2) is 57.9 Å². The van der Waals surface area contributed by atoms with Crippen molar-refractivity contribution in [1.82, 2.24) is 10.2 Å². The first-order valence-corrected chi connectivity index (χ1v) is 9.94. The highest BCUT2D eigenvalue weighted by Gasteiger charge is 2.24. The van der Waals surface area contributed by atoms with E-state index in [0.29, 0.717) is 41.8 Å². The van der Waals surface area contributed by atoms with Gasteiger partial charge in [-0.3, -0.25) is 9.69 Å². The summed E-state index contributed by atoms with van der Waals surface area (Å²) in [6, 6.07) is 7.48. The Morgan fingerprint density at radius 3 is 2.74 bits per heavy atom. The minimum Gasteiger partial charge on any atom is -0.493 e. The van der Waals surface area contributed by atoms with E-state index in [9.17, 15) is 4.79 Å². The summed E-state index contributed by atoms with van der Waals surface area (Å²) in [7, 11) is 3.03. The van der Waals surface area contributed by atoms with E-state index in [1.165, 1.54) is 19.1 Å². The van der Waals surface area contributed by atoms with Gasteiger partial charge in [-0.05, 0) is 23.6 Å². The molecule has 1 aliphatic rings. The zero-order valence-electron chi connectivity index (χ0n) is 15.4. The second kappa shape index (κ2) is 9.41. The van der Waals surface area contributed by atoms with E-state index >= 15 is 0 Å². The molecule has 27 heavy (non-hydrogen) atoms. The molecule has 0 radical (unpaired) electrons. The summed E-state index contributed by atoms with van der Waals surface area (Å²) in [5.74, 6) is 0.645. The molecule has 1 aliphatic heterocycles. The van der Waals surface area contributed by atoms with Crippen LogP contribution >= 0.6 is 22.9 Å². The van der Waals surface area contributed by atoms with Gasteiger partial charge >= 0.3 is 0 Å². The maximum Gasteiger partial charge on any atom is 0.251 e. The highest BCUT2D eigenvalue weighted by Crippen LogP contribution is 2.36. The molecule has 6 nitrogen and oxygen atoms in total. The topological polar surface area (TPSA) is 60.0 Å². The van der Waals surface area contributed by atoms with Gasteiger partial charge in [0.05, 0.1) is 38.5 Å². The Labute approximate surface area is 168 Å². The van der Waals surface area contributed by atoms with Crippen LogP contribution < -0.4 is 14.8 Å². The standard InChI is InChI=1S/C19H23ClN2O4S/c1-24-16-11-13(10-14(20)18(16)25-2)19(23)21-12-15(17-4-3-9-27-17)22-5-7-26-8-6-22/h3-4,9-11,15H,5-8,12H2,1-2H3,(H,21,23)/t15-/m0/s1. The minimum atomic E-state index is -0.201. The van der Waals surface area contributed by atoms with Gasteiger partial charge in [0.1, 0.15) is 0 Å². The van der Waals surface area contributed by atoms with Crippen LogP contribution in [0, 0.1) is 0 Å². The zero-order chi connectivity index (χ0) is 19.2. The highest BCUT2D eigenvalue weighted by atomic mass is 35.5. The van der Waals surface area contributed by atoms with Gasteiger partial charge < -0.3 is 19.5 Å². The third-order valence-electron chi connectivity index (χ3n) is 4.51. The van der Waals surface area contributed by atoms with Crippen molar-refractivity contribution < 1.29 is 19.0 Å². The molecule has 1 atom stereocenters. The van der Waals surface area contributed by atoms with Crippen molar-refractivity contribution in [3.05, 3.63) is 45.1 Å². The summed E-state index contributed by atoms with van der Waals surface area (Å²) >= 11 is 7.91. The Kier molecular flexibility index (Phi) is 6.95. The number of benzene rings is 1. The van der Waals surface area contributed by atoms with Crippen LogP contribution in [0.4, 0.5) is 0 Å². The van der Waals surface area contributed by atoms with Crippen molar-refractivity contribution in [3.8, 4) is 11.5 Å². The van der Waals surface area contributed by atoms with Gasteiger partial charge in [-0.15, -0.1) is 11.3 Å². The van der Waals surface area contributed by atoms with Crippen LogP contribution in [0.15, 0.2) is 29.6 Å². The number of carbonyl (C=O) groups excluding carboxylic acids is 1. The Bertz CT molecular complexity index is 763. The molecule has 0 unspecified atom stereocenters. The number of hydrogen-bond donors (Lipinski definition) is 1. The van der Waals surface area contributed by atoms with Gasteiger partial charge in [0.2, 0.25) is 0 Å². The van der Waals surface area contributed by atoms with Crippen LogP contribution in [-0.2, 0) is 4.74 Å². The third kappa shape index (κ3) is 4.73. The number of hydrogen-bond acceptors (Lipinski definition) is 6. The first-order valence-electron chi connectivity index (χ1n) is 8.69. The maximum atomic E-state index is 12.7. The molecule has 0 saturated carbocycles. The van der Waals surface area contributed by atoms with E-state index in [0.717, 1.165) is 13.1 Å². The van der Waals surface area contributed by atoms with Crippen molar-refractivity contribution in [2.24, 2.45) is 0 Å². The molecular formula is C19H23ClN2O4S. The number of methoxy groups -OCH3 is 2. The molecule has 8 heteroatoms. The molecule has 1 saturated heterocycles. The molecule has 2 heterocycles. The van der Waals surface area contributed by atoms with Gasteiger partial charge in [0, 0.05) is 30.1 Å². The summed E-state index contributed by atoms with van der Waals surface area (Å²) in [5, 5.41) is 5.42. The van der Waals surface area contributed by atoms with Gasteiger partial charge in [-0.25, -0.2) is 0 Å². The summed E-state index contributed by atoms with van der Waals surface area (Å²) in [6.07, 6.45) is 0.